The fourth-order valence-corrected chi connectivity index (χ4v) is 4.76. The predicted molar refractivity (Wildman–Crippen MR) is 76.8 cm³/mol. The molecule has 0 bridgehead atoms. The normalized spacial score (nSPS) is 16.2. The average molecular weight is 307 g/mol. The summed E-state index contributed by atoms with van der Waals surface area (Å²) in [6.45, 7) is 3.38. The Balaban J connectivity index is 2.45. The Morgan fingerprint density at radius 3 is 2.48 bits per heavy atom. The molecule has 21 heavy (non-hydrogen) atoms. The van der Waals surface area contributed by atoms with Crippen molar-refractivity contribution in [2.45, 2.75) is 38.0 Å². The van der Waals surface area contributed by atoms with Gasteiger partial charge in [-0.15, -0.1) is 0 Å². The third kappa shape index (κ3) is 3.08. The maximum Gasteiger partial charge on any atom is 0.335 e. The van der Waals surface area contributed by atoms with E-state index < -0.39 is 21.2 Å². The molecular weight excluding hydrogens is 290 g/mol. The Morgan fingerprint density at radius 2 is 2.00 bits per heavy atom. The predicted octanol–water partition coefficient (Wildman–Crippen LogP) is 2.47. The Morgan fingerprint density at radius 1 is 1.38 bits per heavy atom. The first kappa shape index (κ1) is 15.5. The average Bonchev–Trinajstić information content (AvgIpc) is 3.11. The van der Waals surface area contributed by atoms with E-state index >= 15 is 0 Å². The molecule has 1 aromatic rings. The van der Waals surface area contributed by atoms with E-state index in [1.807, 2.05) is 6.07 Å². The molecule has 2 rings (SSSR count). The van der Waals surface area contributed by atoms with Crippen LogP contribution in [0.3, 0.4) is 0 Å². The molecule has 0 spiro atoms. The van der Waals surface area contributed by atoms with Gasteiger partial charge in [0.05, 0.1) is 22.3 Å². The zero-order valence-corrected chi connectivity index (χ0v) is 12.8. The first-order valence-electron chi connectivity index (χ1n) is 6.65. The van der Waals surface area contributed by atoms with E-state index in [4.69, 9.17) is 10.4 Å². The van der Waals surface area contributed by atoms with Gasteiger partial charge in [0.25, 0.3) is 0 Å². The van der Waals surface area contributed by atoms with Gasteiger partial charge in [0.2, 0.25) is 0 Å². The van der Waals surface area contributed by atoms with Crippen molar-refractivity contribution in [3.05, 3.63) is 28.8 Å². The van der Waals surface area contributed by atoms with Crippen molar-refractivity contribution in [2.24, 2.45) is 5.41 Å². The number of hydrogen-bond donors (Lipinski definition) is 1. The van der Waals surface area contributed by atoms with Crippen molar-refractivity contribution in [3.8, 4) is 6.07 Å². The zero-order chi connectivity index (χ0) is 15.8. The summed E-state index contributed by atoms with van der Waals surface area (Å²) >= 11 is 0. The molecule has 112 valence electrons. The number of hydrogen-bond acceptors (Lipinski definition) is 4. The topological polar surface area (TPSA) is 95.2 Å². The molecule has 1 aromatic carbocycles. The highest BCUT2D eigenvalue weighted by atomic mass is 32.2. The largest absolute Gasteiger partial charge is 0.478 e. The quantitative estimate of drug-likeness (QED) is 0.901. The number of carboxylic acid groups (broad SMARTS) is 1. The number of nitriles is 1. The molecular formula is C15H17NO4S. The van der Waals surface area contributed by atoms with Gasteiger partial charge in [0, 0.05) is 6.42 Å². The van der Waals surface area contributed by atoms with E-state index in [2.05, 4.69) is 0 Å². The van der Waals surface area contributed by atoms with Gasteiger partial charge in [-0.1, -0.05) is 0 Å². The number of benzene rings is 1. The van der Waals surface area contributed by atoms with Crippen LogP contribution >= 0.6 is 0 Å². The molecule has 6 heteroatoms. The second-order valence-electron chi connectivity index (χ2n) is 5.82. The molecule has 0 radical (unpaired) electrons. The van der Waals surface area contributed by atoms with Crippen LogP contribution in [0.1, 0.15) is 40.7 Å². The number of rotatable bonds is 5. The van der Waals surface area contributed by atoms with E-state index in [1.165, 1.54) is 12.1 Å². The smallest absolute Gasteiger partial charge is 0.335 e. The Labute approximate surface area is 124 Å². The van der Waals surface area contributed by atoms with Crippen molar-refractivity contribution in [1.29, 1.82) is 5.26 Å². The molecule has 0 unspecified atom stereocenters. The first-order valence-corrected chi connectivity index (χ1v) is 8.30. The Hall–Kier alpha value is -1.87. The van der Waals surface area contributed by atoms with Gasteiger partial charge in [-0.25, -0.2) is 13.2 Å². The van der Waals surface area contributed by atoms with Crippen LogP contribution in [0.4, 0.5) is 0 Å². The van der Waals surface area contributed by atoms with Gasteiger partial charge in [0.1, 0.15) is 0 Å². The highest BCUT2D eigenvalue weighted by molar-refractivity contribution is 7.91. The molecule has 0 atom stereocenters. The number of aryl methyl sites for hydroxylation is 1. The van der Waals surface area contributed by atoms with E-state index in [0.29, 0.717) is 11.1 Å². The van der Waals surface area contributed by atoms with Crippen LogP contribution in [0, 0.1) is 30.6 Å². The first-order chi connectivity index (χ1) is 9.71. The highest BCUT2D eigenvalue weighted by Gasteiger charge is 2.46. The molecule has 5 nitrogen and oxygen atoms in total. The molecule has 0 saturated heterocycles. The molecule has 0 amide bonds. The number of carboxylic acids is 1. The fraction of sp³-hybridized carbons (Fsp3) is 0.467. The monoisotopic (exact) mass is 307 g/mol. The number of carbonyl (C=O) groups is 1. The number of nitrogens with zero attached hydrogens (tertiary/aromatic N) is 1. The molecule has 1 aliphatic carbocycles. The highest BCUT2D eigenvalue weighted by Crippen LogP contribution is 2.50. The van der Waals surface area contributed by atoms with Crippen molar-refractivity contribution in [2.75, 3.05) is 5.75 Å². The second kappa shape index (κ2) is 5.15. The van der Waals surface area contributed by atoms with Gasteiger partial charge in [-0.3, -0.25) is 0 Å². The van der Waals surface area contributed by atoms with Crippen LogP contribution in [-0.4, -0.2) is 25.2 Å². The zero-order valence-electron chi connectivity index (χ0n) is 12.0. The maximum absolute atomic E-state index is 12.6. The molecule has 1 fully saturated rings. The summed E-state index contributed by atoms with van der Waals surface area (Å²) in [6, 6.07) is 4.74. The van der Waals surface area contributed by atoms with Gasteiger partial charge >= 0.3 is 5.97 Å². The van der Waals surface area contributed by atoms with Crippen LogP contribution in [0.2, 0.25) is 0 Å². The number of aromatic carboxylic acids is 1. The summed E-state index contributed by atoms with van der Waals surface area (Å²) < 4.78 is 25.2. The van der Waals surface area contributed by atoms with Crippen molar-refractivity contribution >= 4 is 15.8 Å². The Kier molecular flexibility index (Phi) is 3.81. The van der Waals surface area contributed by atoms with Crippen molar-refractivity contribution in [1.82, 2.24) is 0 Å². The SMILES string of the molecule is Cc1cc(C(=O)O)cc(S(=O)(=O)CC2(CC#N)CC2)c1C. The van der Waals surface area contributed by atoms with Crippen LogP contribution in [0.5, 0.6) is 0 Å². The van der Waals surface area contributed by atoms with Crippen LogP contribution in [0.25, 0.3) is 0 Å². The minimum Gasteiger partial charge on any atom is -0.478 e. The molecule has 1 N–H and O–H groups in total. The molecule has 0 heterocycles. The van der Waals surface area contributed by atoms with Crippen LogP contribution < -0.4 is 0 Å². The Bertz CT molecular complexity index is 740. The van der Waals surface area contributed by atoms with Gasteiger partial charge < -0.3 is 5.11 Å². The van der Waals surface area contributed by atoms with Gasteiger partial charge in [-0.2, -0.15) is 5.26 Å². The van der Waals surface area contributed by atoms with Crippen LogP contribution in [0.15, 0.2) is 17.0 Å². The second-order valence-corrected chi connectivity index (χ2v) is 7.77. The summed E-state index contributed by atoms with van der Waals surface area (Å²) in [4.78, 5) is 11.2. The molecule has 0 aliphatic heterocycles. The molecule has 0 aromatic heterocycles. The van der Waals surface area contributed by atoms with E-state index in [-0.39, 0.29) is 22.6 Å². The molecule has 1 aliphatic rings. The standard InChI is InChI=1S/C15H17NO4S/c1-10-7-12(14(17)18)8-13(11(10)2)21(19,20)9-15(3-4-15)5-6-16/h7-8H,3-5,9H2,1-2H3,(H,17,18). The maximum atomic E-state index is 12.6. The van der Waals surface area contributed by atoms with Crippen molar-refractivity contribution < 1.29 is 18.3 Å². The summed E-state index contributed by atoms with van der Waals surface area (Å²) in [5.41, 5.74) is 0.751. The van der Waals surface area contributed by atoms with E-state index in [0.717, 1.165) is 12.8 Å². The van der Waals surface area contributed by atoms with E-state index in [1.54, 1.807) is 13.8 Å². The lowest BCUT2D eigenvalue weighted by molar-refractivity contribution is 0.0696. The summed E-state index contributed by atoms with van der Waals surface area (Å²) in [6.07, 6.45) is 1.69. The fourth-order valence-electron chi connectivity index (χ4n) is 2.47. The van der Waals surface area contributed by atoms with E-state index in [9.17, 15) is 13.2 Å². The molecule has 1 saturated carbocycles. The summed E-state index contributed by atoms with van der Waals surface area (Å²) in [5.74, 6) is -1.23. The lowest BCUT2D eigenvalue weighted by Crippen LogP contribution is -2.19. The third-order valence-corrected chi connectivity index (χ3v) is 6.20. The lowest BCUT2D eigenvalue weighted by atomic mass is 10.1. The van der Waals surface area contributed by atoms with Gasteiger partial charge in [0.15, 0.2) is 9.84 Å². The van der Waals surface area contributed by atoms with Gasteiger partial charge in [-0.05, 0) is 55.4 Å². The van der Waals surface area contributed by atoms with Crippen molar-refractivity contribution in [3.63, 3.8) is 0 Å². The third-order valence-electron chi connectivity index (χ3n) is 4.11. The number of sulfone groups is 1. The summed E-state index contributed by atoms with van der Waals surface area (Å²) in [7, 11) is -3.60. The lowest BCUT2D eigenvalue weighted by Gasteiger charge is -2.15. The minimum absolute atomic E-state index is 0.0261. The van der Waals surface area contributed by atoms with Crippen LogP contribution in [-0.2, 0) is 9.84 Å². The minimum atomic E-state index is -3.60. The summed E-state index contributed by atoms with van der Waals surface area (Å²) in [5, 5.41) is 17.9.